The molecule has 3 N–H and O–H groups in total. The Morgan fingerprint density at radius 3 is 2.46 bits per heavy atom. The molecular formula is C29H31N3O5S2. The summed E-state index contributed by atoms with van der Waals surface area (Å²) in [5.41, 5.74) is 7.32. The molecule has 8 nitrogen and oxygen atoms in total. The van der Waals surface area contributed by atoms with Crippen LogP contribution in [-0.4, -0.2) is 57.7 Å². The van der Waals surface area contributed by atoms with Gasteiger partial charge in [0.1, 0.15) is 23.6 Å². The van der Waals surface area contributed by atoms with Crippen LogP contribution in [0.4, 0.5) is 0 Å². The number of rotatable bonds is 9. The van der Waals surface area contributed by atoms with Crippen LogP contribution in [-0.2, 0) is 25.5 Å². The van der Waals surface area contributed by atoms with Crippen molar-refractivity contribution in [1.82, 2.24) is 10.2 Å². The number of thioether (sulfide) groups is 1. The minimum Gasteiger partial charge on any atom is -0.461 e. The van der Waals surface area contributed by atoms with E-state index >= 15 is 0 Å². The first-order valence-electron chi connectivity index (χ1n) is 13.0. The molecule has 2 fully saturated rings. The molecule has 39 heavy (non-hydrogen) atoms. The molecule has 1 amide bonds. The van der Waals surface area contributed by atoms with E-state index < -0.39 is 30.0 Å². The van der Waals surface area contributed by atoms with Crippen molar-refractivity contribution < 1.29 is 23.9 Å². The number of nitrogens with two attached hydrogens (primary N) is 1. The van der Waals surface area contributed by atoms with Crippen LogP contribution in [0.3, 0.4) is 0 Å². The van der Waals surface area contributed by atoms with Crippen molar-refractivity contribution in [2.45, 2.75) is 50.1 Å². The van der Waals surface area contributed by atoms with Gasteiger partial charge in [0.05, 0.1) is 16.9 Å². The predicted octanol–water partition coefficient (Wildman–Crippen LogP) is 3.20. The van der Waals surface area contributed by atoms with Crippen molar-refractivity contribution in [2.75, 3.05) is 6.54 Å². The molecule has 204 valence electrons. The van der Waals surface area contributed by atoms with E-state index in [1.807, 2.05) is 43.3 Å². The van der Waals surface area contributed by atoms with Gasteiger partial charge in [0.2, 0.25) is 5.91 Å². The van der Waals surface area contributed by atoms with E-state index in [0.717, 1.165) is 15.5 Å². The van der Waals surface area contributed by atoms with E-state index in [1.54, 1.807) is 43.0 Å². The molecule has 2 aromatic rings. The lowest BCUT2D eigenvalue weighted by Crippen LogP contribution is -2.64. The van der Waals surface area contributed by atoms with Crippen molar-refractivity contribution in [1.29, 1.82) is 0 Å². The van der Waals surface area contributed by atoms with Crippen LogP contribution in [0.5, 0.6) is 5.75 Å². The second-order valence-corrected chi connectivity index (χ2v) is 11.9. The quantitative estimate of drug-likeness (QED) is 0.205. The molecule has 0 bridgehead atoms. The number of esters is 2. The molecule has 2 saturated heterocycles. The Hall–Kier alpha value is -3.21. The molecule has 2 aromatic carbocycles. The Bertz CT molecular complexity index is 1300. The van der Waals surface area contributed by atoms with Crippen molar-refractivity contribution in [3.8, 4) is 5.75 Å². The first-order chi connectivity index (χ1) is 18.7. The molecule has 0 aliphatic carbocycles. The maximum Gasteiger partial charge on any atom is 0.361 e. The first-order valence-corrected chi connectivity index (χ1v) is 14.3. The van der Waals surface area contributed by atoms with Crippen molar-refractivity contribution in [2.24, 2.45) is 17.6 Å². The van der Waals surface area contributed by atoms with Gasteiger partial charge in [0, 0.05) is 29.0 Å². The van der Waals surface area contributed by atoms with Crippen LogP contribution in [0.15, 0.2) is 71.3 Å². The van der Waals surface area contributed by atoms with Crippen LogP contribution in [0.2, 0.25) is 0 Å². The van der Waals surface area contributed by atoms with Crippen LogP contribution in [0.1, 0.15) is 25.8 Å². The Morgan fingerprint density at radius 1 is 1.15 bits per heavy atom. The summed E-state index contributed by atoms with van der Waals surface area (Å²) in [6.07, 6.45) is 0.338. The zero-order valence-electron chi connectivity index (χ0n) is 21.7. The topological polar surface area (TPSA) is 111 Å². The maximum atomic E-state index is 13.5. The lowest BCUT2D eigenvalue weighted by Gasteiger charge is -2.47. The Balaban J connectivity index is 1.32. The molecule has 5 rings (SSSR count). The number of para-hydroxylation sites is 1. The van der Waals surface area contributed by atoms with Gasteiger partial charge in [-0.05, 0) is 31.0 Å². The SMILES string of the molecule is C[C@@H](OC(=O)[C@@H](N)Cc1ccccc1)[C@H]1C(=O)N2C(C(=O)Oc3ccccc3)=C(S[C@H]3CNC(=S)C3)[C@H](C)[C@H]12. The van der Waals surface area contributed by atoms with Crippen LogP contribution < -0.4 is 15.8 Å². The van der Waals surface area contributed by atoms with E-state index in [0.29, 0.717) is 25.1 Å². The number of amides is 1. The summed E-state index contributed by atoms with van der Waals surface area (Å²) in [6.45, 7) is 4.40. The lowest BCUT2D eigenvalue weighted by molar-refractivity contribution is -0.172. The summed E-state index contributed by atoms with van der Waals surface area (Å²) in [7, 11) is 0. The summed E-state index contributed by atoms with van der Waals surface area (Å²) < 4.78 is 11.4. The number of hydrogen-bond acceptors (Lipinski definition) is 8. The predicted molar refractivity (Wildman–Crippen MR) is 153 cm³/mol. The molecule has 3 heterocycles. The minimum atomic E-state index is -0.846. The standard InChI is InChI=1S/C29H31N3O5S2/c1-16-24-23(17(2)36-28(34)21(30)13-18-9-5-3-6-10-18)27(33)32(24)25(26(16)39-20-14-22(38)31-15-20)29(35)37-19-11-7-4-8-12-19/h3-12,16-17,20-21,23-24H,13-15,30H2,1-2H3,(H,31,38)/t16-,17-,20-,21+,23-,24-/m1/s1. The number of nitrogens with zero attached hydrogens (tertiary/aromatic N) is 1. The molecule has 3 aliphatic rings. The average molecular weight is 566 g/mol. The molecule has 3 aliphatic heterocycles. The fourth-order valence-electron chi connectivity index (χ4n) is 5.44. The van der Waals surface area contributed by atoms with Crippen LogP contribution in [0.25, 0.3) is 0 Å². The third kappa shape index (κ3) is 5.59. The highest BCUT2D eigenvalue weighted by Crippen LogP contribution is 2.52. The molecule has 0 aromatic heterocycles. The summed E-state index contributed by atoms with van der Waals surface area (Å²) in [5.74, 6) is -1.73. The normalized spacial score (nSPS) is 25.5. The van der Waals surface area contributed by atoms with E-state index in [-0.39, 0.29) is 28.8 Å². The molecule has 0 radical (unpaired) electrons. The zero-order valence-corrected chi connectivity index (χ0v) is 23.4. The highest BCUT2D eigenvalue weighted by molar-refractivity contribution is 8.03. The monoisotopic (exact) mass is 565 g/mol. The van der Waals surface area contributed by atoms with E-state index in [1.165, 1.54) is 4.90 Å². The molecule has 0 spiro atoms. The summed E-state index contributed by atoms with van der Waals surface area (Å²) >= 11 is 6.88. The Morgan fingerprint density at radius 2 is 1.82 bits per heavy atom. The van der Waals surface area contributed by atoms with Gasteiger partial charge in [-0.2, -0.15) is 0 Å². The van der Waals surface area contributed by atoms with Gasteiger partial charge in [-0.3, -0.25) is 9.59 Å². The van der Waals surface area contributed by atoms with Crippen molar-refractivity contribution >= 4 is 46.8 Å². The van der Waals surface area contributed by atoms with Gasteiger partial charge in [-0.1, -0.05) is 67.7 Å². The second kappa shape index (κ2) is 11.5. The lowest BCUT2D eigenvalue weighted by atomic mass is 9.79. The summed E-state index contributed by atoms with van der Waals surface area (Å²) in [6, 6.07) is 17.1. The van der Waals surface area contributed by atoms with Gasteiger partial charge in [-0.15, -0.1) is 11.8 Å². The number of carbonyl (C=O) groups excluding carboxylic acids is 3. The van der Waals surface area contributed by atoms with Crippen molar-refractivity contribution in [3.05, 3.63) is 76.8 Å². The molecule has 10 heteroatoms. The number of nitrogens with one attached hydrogen (secondary N) is 1. The molecule has 0 unspecified atom stereocenters. The number of β-lactam (4-membered cyclic amide) rings is 1. The molecule has 6 atom stereocenters. The van der Waals surface area contributed by atoms with E-state index in [2.05, 4.69) is 5.32 Å². The number of thiocarbonyl (C=S) groups is 1. The smallest absolute Gasteiger partial charge is 0.361 e. The van der Waals surface area contributed by atoms with Gasteiger partial charge >= 0.3 is 11.9 Å². The molecular weight excluding hydrogens is 534 g/mol. The van der Waals surface area contributed by atoms with Crippen molar-refractivity contribution in [3.63, 3.8) is 0 Å². The van der Waals surface area contributed by atoms with E-state index in [4.69, 9.17) is 27.4 Å². The summed E-state index contributed by atoms with van der Waals surface area (Å²) in [4.78, 5) is 42.8. The van der Waals surface area contributed by atoms with Gasteiger partial charge < -0.3 is 25.4 Å². The van der Waals surface area contributed by atoms with Gasteiger partial charge in [0.15, 0.2) is 0 Å². The summed E-state index contributed by atoms with van der Waals surface area (Å²) in [5, 5.41) is 3.33. The highest BCUT2D eigenvalue weighted by atomic mass is 32.2. The zero-order chi connectivity index (χ0) is 27.7. The fourth-order valence-corrected chi connectivity index (χ4v) is 7.25. The average Bonchev–Trinajstić information content (AvgIpc) is 3.43. The largest absolute Gasteiger partial charge is 0.461 e. The second-order valence-electron chi connectivity index (χ2n) is 10.1. The molecule has 0 saturated carbocycles. The number of ether oxygens (including phenoxy) is 2. The Labute approximate surface area is 237 Å². The third-order valence-corrected chi connectivity index (χ3v) is 9.18. The van der Waals surface area contributed by atoms with E-state index in [9.17, 15) is 14.4 Å². The third-order valence-electron chi connectivity index (χ3n) is 7.38. The van der Waals surface area contributed by atoms with Crippen LogP contribution in [0, 0.1) is 11.8 Å². The Kier molecular flexibility index (Phi) is 8.06. The first kappa shape index (κ1) is 27.4. The number of benzene rings is 2. The van der Waals surface area contributed by atoms with Gasteiger partial charge in [-0.25, -0.2) is 4.79 Å². The maximum absolute atomic E-state index is 13.5. The number of hydrogen-bond donors (Lipinski definition) is 2. The number of carbonyl (C=O) groups is 3. The number of fused-ring (bicyclic) bond motifs is 1. The fraction of sp³-hybridized carbons (Fsp3) is 0.379. The van der Waals surface area contributed by atoms with Crippen LogP contribution >= 0.6 is 24.0 Å². The van der Waals surface area contributed by atoms with Gasteiger partial charge in [0.25, 0.3) is 0 Å². The highest BCUT2D eigenvalue weighted by Gasteiger charge is 2.61. The minimum absolute atomic E-state index is 0.146.